The molecule has 0 saturated carbocycles. The van der Waals surface area contributed by atoms with Gasteiger partial charge in [-0.2, -0.15) is 15.2 Å². The SMILES string of the molecule is N#Cc1ccc(-c2cccc(-c3nc(-c4ccccc4)nc(-n4c5ccccc5c5ccc6c7ccccc7n(-c7ccc8c(c7)oc7cccc(-c9cccc%10oc(-c%11ccccc%11)nc9%10)c78)c6c54)n3)c2)cc1. The highest BCUT2D eigenvalue weighted by atomic mass is 16.3. The fourth-order valence-electron chi connectivity index (χ4n) is 10.9. The minimum Gasteiger partial charge on any atom is -0.456 e. The van der Waals surface area contributed by atoms with Gasteiger partial charge >= 0.3 is 0 Å². The molecule has 9 nitrogen and oxygen atoms in total. The molecule has 15 rings (SSSR count). The second-order valence-corrected chi connectivity index (χ2v) is 18.5. The third-order valence-electron chi connectivity index (χ3n) is 14.3. The van der Waals surface area contributed by atoms with Gasteiger partial charge in [-0.1, -0.05) is 152 Å². The standard InChI is InChI=1S/C65H37N7O2/c66-38-39-28-30-40(31-29-39)43-18-11-19-44(36-43)63-68-62(41-14-3-1-4-15-41)69-65(70-63)72-54-25-10-8-21-47(54)51-35-34-50-46-20-7-9-24-53(46)71(60(50)61(51)72)45-32-33-52-57(37-45)73-55-26-12-22-48(58(52)55)49-23-13-27-56-59(49)67-64(74-56)42-16-5-2-6-17-42/h1-37H. The molecule has 0 N–H and O–H groups in total. The van der Waals surface area contributed by atoms with Crippen LogP contribution in [0.25, 0.3) is 145 Å². The van der Waals surface area contributed by atoms with Gasteiger partial charge in [-0.25, -0.2) is 9.97 Å². The highest BCUT2D eigenvalue weighted by Gasteiger charge is 2.25. The zero-order valence-electron chi connectivity index (χ0n) is 39.3. The van der Waals surface area contributed by atoms with E-state index in [9.17, 15) is 5.26 Å². The Labute approximate surface area is 422 Å². The fourth-order valence-corrected chi connectivity index (χ4v) is 10.9. The lowest BCUT2D eigenvalue weighted by atomic mass is 9.98. The average molecular weight is 948 g/mol. The van der Waals surface area contributed by atoms with Crippen molar-refractivity contribution in [1.82, 2.24) is 29.1 Å². The van der Waals surface area contributed by atoms with E-state index < -0.39 is 0 Å². The van der Waals surface area contributed by atoms with E-state index in [1.807, 2.05) is 121 Å². The summed E-state index contributed by atoms with van der Waals surface area (Å²) in [6.45, 7) is 0. The number of para-hydroxylation sites is 3. The number of nitrogens with zero attached hydrogens (tertiary/aromatic N) is 7. The maximum atomic E-state index is 9.49. The zero-order chi connectivity index (χ0) is 48.9. The Morgan fingerprint density at radius 3 is 1.72 bits per heavy atom. The summed E-state index contributed by atoms with van der Waals surface area (Å²) in [7, 11) is 0. The van der Waals surface area contributed by atoms with Crippen LogP contribution in [0.5, 0.6) is 0 Å². The predicted molar refractivity (Wildman–Crippen MR) is 295 cm³/mol. The van der Waals surface area contributed by atoms with Gasteiger partial charge in [0.25, 0.3) is 0 Å². The first-order valence-corrected chi connectivity index (χ1v) is 24.4. The first-order chi connectivity index (χ1) is 36.6. The van der Waals surface area contributed by atoms with E-state index in [0.717, 1.165) is 121 Å². The summed E-state index contributed by atoms with van der Waals surface area (Å²) in [5.74, 6) is 2.17. The van der Waals surface area contributed by atoms with Gasteiger partial charge in [0.2, 0.25) is 11.8 Å². The molecule has 0 aliphatic rings. The molecule has 0 atom stereocenters. The van der Waals surface area contributed by atoms with Crippen molar-refractivity contribution in [2.45, 2.75) is 0 Å². The van der Waals surface area contributed by atoms with Gasteiger partial charge in [0, 0.05) is 60.6 Å². The van der Waals surface area contributed by atoms with E-state index in [0.29, 0.717) is 29.1 Å². The van der Waals surface area contributed by atoms with Crippen molar-refractivity contribution in [3.63, 3.8) is 0 Å². The maximum Gasteiger partial charge on any atom is 0.238 e. The van der Waals surface area contributed by atoms with E-state index in [1.165, 1.54) is 0 Å². The van der Waals surface area contributed by atoms with Gasteiger partial charge in [-0.3, -0.25) is 4.57 Å². The minimum atomic E-state index is 0.492. The van der Waals surface area contributed by atoms with E-state index in [1.54, 1.807) is 0 Å². The molecule has 0 spiro atoms. The second kappa shape index (κ2) is 16.3. The summed E-state index contributed by atoms with van der Waals surface area (Å²) >= 11 is 0. The smallest absolute Gasteiger partial charge is 0.238 e. The van der Waals surface area contributed by atoms with Crippen LogP contribution in [0.15, 0.2) is 233 Å². The Morgan fingerprint density at radius 1 is 0.378 bits per heavy atom. The number of benzene rings is 10. The van der Waals surface area contributed by atoms with Gasteiger partial charge in [0.05, 0.1) is 39.4 Å². The number of hydrogen-bond donors (Lipinski definition) is 0. The Morgan fingerprint density at radius 2 is 0.973 bits per heavy atom. The summed E-state index contributed by atoms with van der Waals surface area (Å²) in [6.07, 6.45) is 0. The lowest BCUT2D eigenvalue weighted by Crippen LogP contribution is -2.07. The third-order valence-corrected chi connectivity index (χ3v) is 14.3. The van der Waals surface area contributed by atoms with Gasteiger partial charge in [0.15, 0.2) is 17.2 Å². The van der Waals surface area contributed by atoms with Crippen molar-refractivity contribution >= 4 is 76.6 Å². The monoisotopic (exact) mass is 947 g/mol. The molecule has 9 heteroatoms. The lowest BCUT2D eigenvalue weighted by molar-refractivity contribution is 0.620. The Kier molecular flexibility index (Phi) is 9.12. The summed E-state index contributed by atoms with van der Waals surface area (Å²) in [5, 5.41) is 15.8. The van der Waals surface area contributed by atoms with Crippen molar-refractivity contribution < 1.29 is 8.83 Å². The summed E-state index contributed by atoms with van der Waals surface area (Å²) < 4.78 is 17.8. The summed E-state index contributed by atoms with van der Waals surface area (Å²) in [6, 6.07) is 78.6. The van der Waals surface area contributed by atoms with Crippen molar-refractivity contribution in [2.24, 2.45) is 0 Å². The number of aromatic nitrogens is 6. The molecule has 74 heavy (non-hydrogen) atoms. The highest BCUT2D eigenvalue weighted by Crippen LogP contribution is 2.44. The van der Waals surface area contributed by atoms with Crippen molar-refractivity contribution in [2.75, 3.05) is 0 Å². The van der Waals surface area contributed by atoms with Gasteiger partial charge < -0.3 is 13.4 Å². The normalized spacial score (nSPS) is 11.8. The molecule has 0 fully saturated rings. The first kappa shape index (κ1) is 41.4. The van der Waals surface area contributed by atoms with E-state index in [4.69, 9.17) is 28.8 Å². The number of rotatable bonds is 7. The van der Waals surface area contributed by atoms with Gasteiger partial charge in [-0.15, -0.1) is 0 Å². The fraction of sp³-hybridized carbons (Fsp3) is 0. The van der Waals surface area contributed by atoms with Crippen LogP contribution in [0.2, 0.25) is 0 Å². The third kappa shape index (κ3) is 6.42. The van der Waals surface area contributed by atoms with Crippen LogP contribution >= 0.6 is 0 Å². The van der Waals surface area contributed by atoms with Crippen LogP contribution in [0, 0.1) is 11.3 Å². The van der Waals surface area contributed by atoms with Crippen molar-refractivity contribution in [3.8, 4) is 74.2 Å². The second-order valence-electron chi connectivity index (χ2n) is 18.5. The number of nitriles is 1. The minimum absolute atomic E-state index is 0.492. The van der Waals surface area contributed by atoms with Crippen LogP contribution in [-0.2, 0) is 0 Å². The molecule has 0 amide bonds. The number of oxazole rings is 1. The topological polar surface area (TPSA) is 111 Å². The van der Waals surface area contributed by atoms with E-state index >= 15 is 0 Å². The average Bonchev–Trinajstić information content (AvgIpc) is 4.30. The molecule has 0 bridgehead atoms. The molecular weight excluding hydrogens is 911 g/mol. The number of fused-ring (bicyclic) bond motifs is 11. The molecule has 0 radical (unpaired) electrons. The lowest BCUT2D eigenvalue weighted by Gasteiger charge is -2.13. The Hall–Kier alpha value is -10.4. The highest BCUT2D eigenvalue weighted by molar-refractivity contribution is 6.24. The van der Waals surface area contributed by atoms with Crippen LogP contribution in [-0.4, -0.2) is 29.1 Å². The first-order valence-electron chi connectivity index (χ1n) is 24.4. The molecule has 0 aliphatic heterocycles. The molecule has 0 unspecified atom stereocenters. The molecule has 10 aromatic carbocycles. The van der Waals surface area contributed by atoms with Crippen molar-refractivity contribution in [1.29, 1.82) is 5.26 Å². The van der Waals surface area contributed by atoms with Crippen LogP contribution in [0.4, 0.5) is 0 Å². The molecule has 0 aliphatic carbocycles. The van der Waals surface area contributed by atoms with Crippen molar-refractivity contribution in [3.05, 3.63) is 230 Å². The summed E-state index contributed by atoms with van der Waals surface area (Å²) in [4.78, 5) is 20.9. The van der Waals surface area contributed by atoms with E-state index in [2.05, 4.69) is 118 Å². The van der Waals surface area contributed by atoms with E-state index in [-0.39, 0.29) is 0 Å². The van der Waals surface area contributed by atoms with Crippen LogP contribution in [0.3, 0.4) is 0 Å². The quantitative estimate of drug-likeness (QED) is 0.156. The number of hydrogen-bond acceptors (Lipinski definition) is 7. The Balaban J connectivity index is 0.960. The maximum absolute atomic E-state index is 9.49. The molecule has 0 saturated heterocycles. The van der Waals surface area contributed by atoms with Crippen LogP contribution in [0.1, 0.15) is 5.56 Å². The van der Waals surface area contributed by atoms with Gasteiger partial charge in [-0.05, 0) is 83.4 Å². The van der Waals surface area contributed by atoms with Gasteiger partial charge in [0.1, 0.15) is 16.7 Å². The molecule has 5 heterocycles. The molecule has 5 aromatic heterocycles. The zero-order valence-corrected chi connectivity index (χ0v) is 39.3. The Bertz CT molecular complexity index is 4790. The largest absolute Gasteiger partial charge is 0.456 e. The van der Waals surface area contributed by atoms with Crippen LogP contribution < -0.4 is 0 Å². The predicted octanol–water partition coefficient (Wildman–Crippen LogP) is 16.3. The molecular formula is C65H37N7O2. The molecule has 15 aromatic rings. The number of furan rings is 1. The molecule has 344 valence electrons. The summed E-state index contributed by atoms with van der Waals surface area (Å²) in [5.41, 5.74) is 15.2.